The van der Waals surface area contributed by atoms with Crippen LogP contribution in [0.3, 0.4) is 0 Å². The molecular formula is C17H13ClFN2O4. The summed E-state index contributed by atoms with van der Waals surface area (Å²) in [4.78, 5) is 22.1. The molecule has 0 unspecified atom stereocenters. The molecule has 2 aromatic carbocycles. The van der Waals surface area contributed by atoms with E-state index in [-0.39, 0.29) is 41.0 Å². The highest BCUT2D eigenvalue weighted by Crippen LogP contribution is 2.38. The van der Waals surface area contributed by atoms with Crippen LogP contribution < -0.4 is 20.5 Å². The smallest absolute Gasteiger partial charge is 0.262 e. The lowest BCUT2D eigenvalue weighted by Crippen LogP contribution is -2.25. The van der Waals surface area contributed by atoms with Crippen LogP contribution in [0.1, 0.15) is 12.0 Å². The number of benzene rings is 2. The molecule has 3 rings (SSSR count). The van der Waals surface area contributed by atoms with Gasteiger partial charge in [-0.2, -0.15) is 0 Å². The molecule has 0 aromatic heterocycles. The number of rotatable bonds is 5. The number of nitrogens with one attached hydrogen (secondary N) is 1. The van der Waals surface area contributed by atoms with E-state index >= 15 is 0 Å². The van der Waals surface area contributed by atoms with Gasteiger partial charge in [-0.1, -0.05) is 17.7 Å². The summed E-state index contributed by atoms with van der Waals surface area (Å²) in [5, 5.41) is 2.71. The van der Waals surface area contributed by atoms with Crippen LogP contribution in [0.4, 0.5) is 10.1 Å². The van der Waals surface area contributed by atoms with E-state index in [4.69, 9.17) is 26.8 Å². The minimum absolute atomic E-state index is 0.0701. The van der Waals surface area contributed by atoms with Crippen LogP contribution in [0.25, 0.3) is 0 Å². The van der Waals surface area contributed by atoms with Gasteiger partial charge in [-0.25, -0.2) is 4.39 Å². The van der Waals surface area contributed by atoms with E-state index in [2.05, 4.69) is 5.32 Å². The molecular weight excluding hydrogens is 351 g/mol. The monoisotopic (exact) mass is 363 g/mol. The van der Waals surface area contributed by atoms with E-state index in [0.29, 0.717) is 11.4 Å². The van der Waals surface area contributed by atoms with E-state index in [1.807, 2.05) is 0 Å². The standard InChI is InChI=1S/C17H13ClFN2O4/c18-11-4-1-9(2-6-14(20)22)16(19)17(11)25-10-3-5-12-13(7-10)24-8-15(23)21-12/h1-5,7H,6,8H2,(H2,20,22)(H,21,23). The Labute approximate surface area is 147 Å². The van der Waals surface area contributed by atoms with Gasteiger partial charge in [0.25, 0.3) is 5.91 Å². The zero-order chi connectivity index (χ0) is 18.0. The summed E-state index contributed by atoms with van der Waals surface area (Å²) >= 11 is 6.02. The van der Waals surface area contributed by atoms with Gasteiger partial charge in [0.15, 0.2) is 18.2 Å². The van der Waals surface area contributed by atoms with Gasteiger partial charge < -0.3 is 20.5 Å². The molecule has 0 saturated carbocycles. The number of anilines is 1. The number of hydrogen-bond donors (Lipinski definition) is 2. The van der Waals surface area contributed by atoms with Crippen LogP contribution in [-0.2, 0) is 9.59 Å². The van der Waals surface area contributed by atoms with E-state index < -0.39 is 11.7 Å². The molecule has 0 saturated heterocycles. The van der Waals surface area contributed by atoms with Gasteiger partial charge in [0.2, 0.25) is 5.91 Å². The van der Waals surface area contributed by atoms with Crippen molar-refractivity contribution in [3.05, 3.63) is 53.2 Å². The number of halogens is 2. The van der Waals surface area contributed by atoms with Gasteiger partial charge in [-0.3, -0.25) is 9.59 Å². The maximum atomic E-state index is 14.6. The molecule has 8 heteroatoms. The van der Waals surface area contributed by atoms with Gasteiger partial charge in [0.05, 0.1) is 10.7 Å². The van der Waals surface area contributed by atoms with Crippen molar-refractivity contribution in [2.24, 2.45) is 5.73 Å². The molecule has 3 N–H and O–H groups in total. The maximum Gasteiger partial charge on any atom is 0.262 e. The third-order valence-electron chi connectivity index (χ3n) is 3.41. The number of primary amides is 1. The highest BCUT2D eigenvalue weighted by atomic mass is 35.5. The van der Waals surface area contributed by atoms with Crippen molar-refractivity contribution in [3.8, 4) is 17.2 Å². The van der Waals surface area contributed by atoms with Gasteiger partial charge in [0.1, 0.15) is 11.5 Å². The SMILES string of the molecule is NC(=O)C[CH]c1ccc(Cl)c(Oc2ccc3c(c2)OCC(=O)N3)c1F. The second kappa shape index (κ2) is 6.98. The molecule has 0 spiro atoms. The van der Waals surface area contributed by atoms with Crippen molar-refractivity contribution in [2.45, 2.75) is 6.42 Å². The Kier molecular flexibility index (Phi) is 4.76. The van der Waals surface area contributed by atoms with Crippen molar-refractivity contribution in [1.82, 2.24) is 0 Å². The molecule has 0 aliphatic carbocycles. The number of carbonyl (C=O) groups excluding carboxylic acids is 2. The van der Waals surface area contributed by atoms with E-state index in [9.17, 15) is 14.0 Å². The average molecular weight is 364 g/mol. The van der Waals surface area contributed by atoms with Gasteiger partial charge in [-0.05, 0) is 23.8 Å². The predicted molar refractivity (Wildman–Crippen MR) is 89.3 cm³/mol. The topological polar surface area (TPSA) is 90.7 Å². The van der Waals surface area contributed by atoms with Crippen LogP contribution in [-0.4, -0.2) is 18.4 Å². The van der Waals surface area contributed by atoms with Crippen LogP contribution in [0.2, 0.25) is 5.02 Å². The van der Waals surface area contributed by atoms with E-state index in [1.165, 1.54) is 24.6 Å². The fourth-order valence-corrected chi connectivity index (χ4v) is 2.43. The first-order chi connectivity index (χ1) is 11.9. The normalized spacial score (nSPS) is 12.8. The first-order valence-corrected chi connectivity index (χ1v) is 7.66. The fourth-order valence-electron chi connectivity index (χ4n) is 2.25. The predicted octanol–water partition coefficient (Wildman–Crippen LogP) is 3.03. The molecule has 1 aliphatic heterocycles. The minimum atomic E-state index is -0.708. The Morgan fingerprint density at radius 3 is 2.96 bits per heavy atom. The second-order valence-electron chi connectivity index (χ2n) is 5.25. The summed E-state index contributed by atoms with van der Waals surface area (Å²) in [5.74, 6) is -1.04. The molecule has 0 bridgehead atoms. The van der Waals surface area contributed by atoms with Crippen molar-refractivity contribution in [3.63, 3.8) is 0 Å². The van der Waals surface area contributed by atoms with Crippen LogP contribution in [0, 0.1) is 12.2 Å². The van der Waals surface area contributed by atoms with E-state index in [0.717, 1.165) is 0 Å². The molecule has 129 valence electrons. The number of nitrogens with two attached hydrogens (primary N) is 1. The molecule has 1 heterocycles. The molecule has 2 amide bonds. The molecule has 0 atom stereocenters. The lowest BCUT2D eigenvalue weighted by atomic mass is 10.1. The third-order valence-corrected chi connectivity index (χ3v) is 3.71. The first-order valence-electron chi connectivity index (χ1n) is 7.28. The Morgan fingerprint density at radius 2 is 2.20 bits per heavy atom. The largest absolute Gasteiger partial charge is 0.481 e. The summed E-state index contributed by atoms with van der Waals surface area (Å²) in [5.41, 5.74) is 5.71. The summed E-state index contributed by atoms with van der Waals surface area (Å²) in [6.45, 7) is -0.108. The molecule has 6 nitrogen and oxygen atoms in total. The number of hydrogen-bond acceptors (Lipinski definition) is 4. The molecule has 1 aliphatic rings. The quantitative estimate of drug-likeness (QED) is 0.854. The third kappa shape index (κ3) is 3.83. The van der Waals surface area contributed by atoms with Crippen molar-refractivity contribution < 1.29 is 23.5 Å². The second-order valence-corrected chi connectivity index (χ2v) is 5.66. The Balaban J connectivity index is 1.86. The highest BCUT2D eigenvalue weighted by molar-refractivity contribution is 6.32. The number of ether oxygens (including phenoxy) is 2. The summed E-state index contributed by atoms with van der Waals surface area (Å²) in [7, 11) is 0. The van der Waals surface area contributed by atoms with E-state index in [1.54, 1.807) is 12.1 Å². The van der Waals surface area contributed by atoms with Gasteiger partial charge in [0, 0.05) is 18.9 Å². The van der Waals surface area contributed by atoms with Crippen LogP contribution in [0.15, 0.2) is 30.3 Å². The molecule has 0 fully saturated rings. The highest BCUT2D eigenvalue weighted by Gasteiger charge is 2.19. The van der Waals surface area contributed by atoms with Crippen LogP contribution >= 0.6 is 11.6 Å². The van der Waals surface area contributed by atoms with Crippen molar-refractivity contribution in [1.29, 1.82) is 0 Å². The fraction of sp³-hybridized carbons (Fsp3) is 0.118. The van der Waals surface area contributed by atoms with Gasteiger partial charge >= 0.3 is 0 Å². The van der Waals surface area contributed by atoms with Crippen LogP contribution in [0.5, 0.6) is 17.2 Å². The molecule has 2 aromatic rings. The summed E-state index contributed by atoms with van der Waals surface area (Å²) in [6, 6.07) is 7.53. The lowest BCUT2D eigenvalue weighted by Gasteiger charge is -2.19. The number of amides is 2. The summed E-state index contributed by atoms with van der Waals surface area (Å²) in [6.07, 6.45) is 1.25. The summed E-state index contributed by atoms with van der Waals surface area (Å²) < 4.78 is 25.4. The van der Waals surface area contributed by atoms with Gasteiger partial charge in [-0.15, -0.1) is 0 Å². The van der Waals surface area contributed by atoms with Crippen molar-refractivity contribution in [2.75, 3.05) is 11.9 Å². The first kappa shape index (κ1) is 17.0. The maximum absolute atomic E-state index is 14.6. The Morgan fingerprint density at radius 1 is 1.40 bits per heavy atom. The average Bonchev–Trinajstić information content (AvgIpc) is 2.57. The molecule has 1 radical (unpaired) electrons. The lowest BCUT2D eigenvalue weighted by molar-refractivity contribution is -0.119. The Bertz CT molecular complexity index is 857. The molecule has 25 heavy (non-hydrogen) atoms. The number of carbonyl (C=O) groups is 2. The number of fused-ring (bicyclic) bond motifs is 1. The zero-order valence-corrected chi connectivity index (χ0v) is 13.6. The van der Waals surface area contributed by atoms with Crippen molar-refractivity contribution >= 4 is 29.1 Å². The Hall–Kier alpha value is -2.80. The minimum Gasteiger partial charge on any atom is -0.481 e. The zero-order valence-electron chi connectivity index (χ0n) is 12.8.